The summed E-state index contributed by atoms with van der Waals surface area (Å²) in [5.41, 5.74) is 6.10. The highest BCUT2D eigenvalue weighted by Crippen LogP contribution is 2.22. The number of aromatic nitrogens is 2. The summed E-state index contributed by atoms with van der Waals surface area (Å²) in [6.45, 7) is 3.88. The second-order valence-corrected chi connectivity index (χ2v) is 4.47. The second kappa shape index (κ2) is 5.25. The van der Waals surface area contributed by atoms with Crippen LogP contribution >= 0.6 is 11.8 Å². The molecule has 0 spiro atoms. The zero-order valence-electron chi connectivity index (χ0n) is 9.98. The zero-order chi connectivity index (χ0) is 12.3. The summed E-state index contributed by atoms with van der Waals surface area (Å²) >= 11 is 1.73. The van der Waals surface area contributed by atoms with Crippen molar-refractivity contribution in [1.82, 2.24) is 9.55 Å². The minimum absolute atomic E-state index is 0.202. The SMILES string of the molecule is COC(=O)c1nc(C)n(C(C)CSC)c1N. The number of nitrogen functional groups attached to an aromatic ring is 1. The minimum atomic E-state index is -0.490. The molecular formula is C10H17N3O2S. The van der Waals surface area contributed by atoms with E-state index in [1.54, 1.807) is 11.8 Å². The lowest BCUT2D eigenvalue weighted by Crippen LogP contribution is -2.13. The average Bonchev–Trinajstić information content (AvgIpc) is 2.53. The lowest BCUT2D eigenvalue weighted by Gasteiger charge is -2.15. The van der Waals surface area contributed by atoms with E-state index < -0.39 is 5.97 Å². The van der Waals surface area contributed by atoms with E-state index in [9.17, 15) is 4.79 Å². The van der Waals surface area contributed by atoms with Crippen LogP contribution in [-0.2, 0) is 4.74 Å². The maximum absolute atomic E-state index is 11.4. The van der Waals surface area contributed by atoms with Gasteiger partial charge in [0.2, 0.25) is 0 Å². The van der Waals surface area contributed by atoms with E-state index in [0.717, 1.165) is 11.6 Å². The summed E-state index contributed by atoms with van der Waals surface area (Å²) < 4.78 is 6.49. The first kappa shape index (κ1) is 12.9. The van der Waals surface area contributed by atoms with Crippen molar-refractivity contribution in [3.05, 3.63) is 11.5 Å². The Morgan fingerprint density at radius 2 is 2.31 bits per heavy atom. The van der Waals surface area contributed by atoms with Gasteiger partial charge in [-0.25, -0.2) is 9.78 Å². The van der Waals surface area contributed by atoms with Gasteiger partial charge in [-0.15, -0.1) is 0 Å². The van der Waals surface area contributed by atoms with Gasteiger partial charge in [-0.2, -0.15) is 11.8 Å². The molecule has 0 aliphatic heterocycles. The van der Waals surface area contributed by atoms with Crippen molar-refractivity contribution >= 4 is 23.5 Å². The molecule has 1 unspecified atom stereocenters. The Bertz CT molecular complexity index is 390. The molecule has 0 radical (unpaired) electrons. The number of thioether (sulfide) groups is 1. The number of imidazole rings is 1. The Kier molecular flexibility index (Phi) is 4.23. The van der Waals surface area contributed by atoms with Crippen LogP contribution in [0.5, 0.6) is 0 Å². The lowest BCUT2D eigenvalue weighted by atomic mass is 10.3. The summed E-state index contributed by atoms with van der Waals surface area (Å²) in [6, 6.07) is 0.209. The Morgan fingerprint density at radius 1 is 1.69 bits per heavy atom. The number of carbonyl (C=O) groups is 1. The number of carbonyl (C=O) groups excluding carboxylic acids is 1. The molecule has 0 saturated heterocycles. The number of hydrogen-bond acceptors (Lipinski definition) is 5. The van der Waals surface area contributed by atoms with E-state index in [1.165, 1.54) is 7.11 Å². The fraction of sp³-hybridized carbons (Fsp3) is 0.600. The van der Waals surface area contributed by atoms with E-state index in [1.807, 2.05) is 24.7 Å². The fourth-order valence-corrected chi connectivity index (χ4v) is 2.31. The molecule has 6 heteroatoms. The molecule has 1 aromatic heterocycles. The molecule has 1 heterocycles. The molecule has 0 aromatic carbocycles. The molecule has 16 heavy (non-hydrogen) atoms. The fourth-order valence-electron chi connectivity index (χ4n) is 1.68. The van der Waals surface area contributed by atoms with Crippen molar-refractivity contribution in [2.75, 3.05) is 24.9 Å². The highest BCUT2D eigenvalue weighted by Gasteiger charge is 2.21. The van der Waals surface area contributed by atoms with E-state index in [0.29, 0.717) is 5.82 Å². The maximum atomic E-state index is 11.4. The van der Waals surface area contributed by atoms with Gasteiger partial charge in [-0.1, -0.05) is 0 Å². The molecule has 1 atom stereocenters. The molecule has 0 aliphatic carbocycles. The summed E-state index contributed by atoms with van der Waals surface area (Å²) in [4.78, 5) is 15.5. The molecule has 0 aliphatic rings. The number of hydrogen-bond donors (Lipinski definition) is 1. The Morgan fingerprint density at radius 3 is 2.81 bits per heavy atom. The lowest BCUT2D eigenvalue weighted by molar-refractivity contribution is 0.0595. The van der Waals surface area contributed by atoms with E-state index in [4.69, 9.17) is 5.73 Å². The van der Waals surface area contributed by atoms with Gasteiger partial charge in [0.25, 0.3) is 0 Å². The number of nitrogens with zero attached hydrogens (tertiary/aromatic N) is 2. The summed E-state index contributed by atoms with van der Waals surface area (Å²) in [6.07, 6.45) is 2.03. The topological polar surface area (TPSA) is 70.1 Å². The van der Waals surface area contributed by atoms with Crippen LogP contribution in [0.4, 0.5) is 5.82 Å². The van der Waals surface area contributed by atoms with Crippen LogP contribution in [0.2, 0.25) is 0 Å². The molecule has 1 aromatic rings. The standard InChI is InChI=1S/C10H17N3O2S/c1-6(5-16-4)13-7(2)12-8(9(13)11)10(14)15-3/h6H,5,11H2,1-4H3. The van der Waals surface area contributed by atoms with Crippen molar-refractivity contribution in [2.45, 2.75) is 19.9 Å². The van der Waals surface area contributed by atoms with Gasteiger partial charge in [0, 0.05) is 11.8 Å². The maximum Gasteiger partial charge on any atom is 0.360 e. The van der Waals surface area contributed by atoms with Crippen molar-refractivity contribution in [3.63, 3.8) is 0 Å². The summed E-state index contributed by atoms with van der Waals surface area (Å²) in [5.74, 6) is 1.54. The van der Waals surface area contributed by atoms with Gasteiger partial charge >= 0.3 is 5.97 Å². The third-order valence-electron chi connectivity index (χ3n) is 2.35. The van der Waals surface area contributed by atoms with Crippen LogP contribution in [0.25, 0.3) is 0 Å². The van der Waals surface area contributed by atoms with Crippen LogP contribution in [-0.4, -0.2) is 34.6 Å². The number of aryl methyl sites for hydroxylation is 1. The van der Waals surface area contributed by atoms with Gasteiger partial charge in [-0.3, -0.25) is 0 Å². The predicted octanol–water partition coefficient (Wildman–Crippen LogP) is 1.48. The Hall–Kier alpha value is -1.17. The molecule has 2 N–H and O–H groups in total. The predicted molar refractivity (Wildman–Crippen MR) is 65.8 cm³/mol. The van der Waals surface area contributed by atoms with E-state index in [-0.39, 0.29) is 11.7 Å². The number of ether oxygens (including phenoxy) is 1. The molecule has 0 bridgehead atoms. The smallest absolute Gasteiger partial charge is 0.360 e. The first-order valence-electron chi connectivity index (χ1n) is 4.94. The van der Waals surface area contributed by atoms with Crippen LogP contribution in [0.15, 0.2) is 0 Å². The molecule has 90 valence electrons. The highest BCUT2D eigenvalue weighted by molar-refractivity contribution is 7.98. The van der Waals surface area contributed by atoms with Crippen molar-refractivity contribution < 1.29 is 9.53 Å². The van der Waals surface area contributed by atoms with E-state index in [2.05, 4.69) is 9.72 Å². The number of rotatable bonds is 4. The zero-order valence-corrected chi connectivity index (χ0v) is 10.8. The molecular weight excluding hydrogens is 226 g/mol. The van der Waals surface area contributed by atoms with Gasteiger partial charge in [-0.05, 0) is 20.1 Å². The monoisotopic (exact) mass is 243 g/mol. The molecule has 1 rings (SSSR count). The number of anilines is 1. The van der Waals surface area contributed by atoms with Crippen LogP contribution in [0, 0.1) is 6.92 Å². The Balaban J connectivity index is 3.11. The van der Waals surface area contributed by atoms with Crippen LogP contribution in [0.3, 0.4) is 0 Å². The van der Waals surface area contributed by atoms with E-state index >= 15 is 0 Å². The summed E-state index contributed by atoms with van der Waals surface area (Å²) in [7, 11) is 1.32. The molecule has 0 fully saturated rings. The Labute approximate surface area is 99.4 Å². The van der Waals surface area contributed by atoms with Gasteiger partial charge in [0.15, 0.2) is 5.69 Å². The van der Waals surface area contributed by atoms with Gasteiger partial charge < -0.3 is 15.0 Å². The first-order valence-corrected chi connectivity index (χ1v) is 6.33. The largest absolute Gasteiger partial charge is 0.464 e. The third kappa shape index (κ3) is 2.32. The van der Waals surface area contributed by atoms with Crippen molar-refractivity contribution in [3.8, 4) is 0 Å². The molecule has 0 saturated carbocycles. The normalized spacial score (nSPS) is 12.5. The minimum Gasteiger partial charge on any atom is -0.464 e. The van der Waals surface area contributed by atoms with Crippen molar-refractivity contribution in [2.24, 2.45) is 0 Å². The second-order valence-electron chi connectivity index (χ2n) is 3.56. The molecule has 0 amide bonds. The van der Waals surface area contributed by atoms with Crippen molar-refractivity contribution in [1.29, 1.82) is 0 Å². The van der Waals surface area contributed by atoms with Crippen LogP contribution in [0.1, 0.15) is 29.3 Å². The number of esters is 1. The average molecular weight is 243 g/mol. The highest BCUT2D eigenvalue weighted by atomic mass is 32.2. The number of methoxy groups -OCH3 is 1. The van der Waals surface area contributed by atoms with Crippen LogP contribution < -0.4 is 5.73 Å². The quantitative estimate of drug-likeness (QED) is 0.811. The third-order valence-corrected chi connectivity index (χ3v) is 3.17. The number of nitrogens with two attached hydrogens (primary N) is 1. The first-order chi connectivity index (χ1) is 7.52. The molecule has 5 nitrogen and oxygen atoms in total. The van der Waals surface area contributed by atoms with Gasteiger partial charge in [0.05, 0.1) is 7.11 Å². The summed E-state index contributed by atoms with van der Waals surface area (Å²) in [5, 5.41) is 0. The van der Waals surface area contributed by atoms with Gasteiger partial charge in [0.1, 0.15) is 11.6 Å².